The predicted octanol–water partition coefficient (Wildman–Crippen LogP) is 2.37. The van der Waals surface area contributed by atoms with Gasteiger partial charge in [-0.1, -0.05) is 22.9 Å². The molecular weight excluding hydrogens is 259 g/mol. The van der Waals surface area contributed by atoms with Crippen molar-refractivity contribution in [1.82, 2.24) is 4.90 Å². The molecule has 0 aliphatic carbocycles. The fourth-order valence-corrected chi connectivity index (χ4v) is 1.85. The third-order valence-corrected chi connectivity index (χ3v) is 2.79. The quantitative estimate of drug-likeness (QED) is 0.894. The molecule has 0 bridgehead atoms. The van der Waals surface area contributed by atoms with Crippen LogP contribution in [0.15, 0.2) is 22.7 Å². The van der Waals surface area contributed by atoms with Gasteiger partial charge < -0.3 is 5.73 Å². The zero-order chi connectivity index (χ0) is 11.3. The molecule has 0 saturated heterocycles. The molecule has 84 valence electrons. The summed E-state index contributed by atoms with van der Waals surface area (Å²) in [6.45, 7) is 4.93. The summed E-state index contributed by atoms with van der Waals surface area (Å²) in [6.07, 6.45) is 0. The summed E-state index contributed by atoms with van der Waals surface area (Å²) >= 11 is 3.34. The highest BCUT2D eigenvalue weighted by Crippen LogP contribution is 2.16. The van der Waals surface area contributed by atoms with Crippen molar-refractivity contribution in [2.45, 2.75) is 13.5 Å². The van der Waals surface area contributed by atoms with E-state index < -0.39 is 0 Å². The van der Waals surface area contributed by atoms with Crippen molar-refractivity contribution in [3.63, 3.8) is 0 Å². The van der Waals surface area contributed by atoms with E-state index in [-0.39, 0.29) is 5.82 Å². The minimum atomic E-state index is -0.159. The predicted molar refractivity (Wildman–Crippen MR) is 64.1 cm³/mol. The van der Waals surface area contributed by atoms with Crippen LogP contribution in [-0.2, 0) is 6.54 Å². The van der Waals surface area contributed by atoms with E-state index in [0.29, 0.717) is 18.7 Å². The van der Waals surface area contributed by atoms with Gasteiger partial charge in [0.25, 0.3) is 0 Å². The number of benzene rings is 1. The second kappa shape index (κ2) is 6.20. The summed E-state index contributed by atoms with van der Waals surface area (Å²) in [5.74, 6) is -0.159. The SMILES string of the molecule is CCN(CCN)Cc1cc(Br)ccc1F. The van der Waals surface area contributed by atoms with Crippen LogP contribution in [-0.4, -0.2) is 24.5 Å². The number of hydrogen-bond donors (Lipinski definition) is 1. The van der Waals surface area contributed by atoms with E-state index in [1.165, 1.54) is 6.07 Å². The Bertz CT molecular complexity index is 317. The molecule has 15 heavy (non-hydrogen) atoms. The van der Waals surface area contributed by atoms with Gasteiger partial charge >= 0.3 is 0 Å². The minimum Gasteiger partial charge on any atom is -0.329 e. The molecule has 1 rings (SSSR count). The van der Waals surface area contributed by atoms with Crippen LogP contribution < -0.4 is 5.73 Å². The molecule has 2 nitrogen and oxygen atoms in total. The molecule has 1 aromatic rings. The maximum atomic E-state index is 13.4. The fraction of sp³-hybridized carbons (Fsp3) is 0.455. The third-order valence-electron chi connectivity index (χ3n) is 2.29. The third kappa shape index (κ3) is 3.89. The van der Waals surface area contributed by atoms with Crippen molar-refractivity contribution in [3.8, 4) is 0 Å². The highest BCUT2D eigenvalue weighted by Gasteiger charge is 2.07. The monoisotopic (exact) mass is 274 g/mol. The first-order chi connectivity index (χ1) is 7.17. The summed E-state index contributed by atoms with van der Waals surface area (Å²) in [4.78, 5) is 2.12. The molecule has 4 heteroatoms. The number of nitrogens with zero attached hydrogens (tertiary/aromatic N) is 1. The van der Waals surface area contributed by atoms with E-state index in [1.807, 2.05) is 13.0 Å². The first-order valence-corrected chi connectivity index (χ1v) is 5.83. The van der Waals surface area contributed by atoms with Crippen molar-refractivity contribution < 1.29 is 4.39 Å². The summed E-state index contributed by atoms with van der Waals surface area (Å²) in [7, 11) is 0. The topological polar surface area (TPSA) is 29.3 Å². The van der Waals surface area contributed by atoms with Crippen molar-refractivity contribution in [2.75, 3.05) is 19.6 Å². The lowest BCUT2D eigenvalue weighted by atomic mass is 10.2. The van der Waals surface area contributed by atoms with Crippen molar-refractivity contribution in [1.29, 1.82) is 0 Å². The van der Waals surface area contributed by atoms with Gasteiger partial charge in [0.2, 0.25) is 0 Å². The van der Waals surface area contributed by atoms with E-state index in [9.17, 15) is 4.39 Å². The van der Waals surface area contributed by atoms with Crippen molar-refractivity contribution >= 4 is 15.9 Å². The maximum Gasteiger partial charge on any atom is 0.127 e. The molecule has 0 amide bonds. The van der Waals surface area contributed by atoms with Crippen LogP contribution in [0.2, 0.25) is 0 Å². The van der Waals surface area contributed by atoms with Gasteiger partial charge in [-0.15, -0.1) is 0 Å². The van der Waals surface area contributed by atoms with Gasteiger partial charge in [-0.05, 0) is 24.7 Å². The van der Waals surface area contributed by atoms with Gasteiger partial charge in [0.15, 0.2) is 0 Å². The van der Waals surface area contributed by atoms with Gasteiger partial charge in [0.1, 0.15) is 5.82 Å². The Kier molecular flexibility index (Phi) is 5.22. The molecule has 0 aromatic heterocycles. The highest BCUT2D eigenvalue weighted by molar-refractivity contribution is 9.10. The van der Waals surface area contributed by atoms with Crippen LogP contribution in [0.25, 0.3) is 0 Å². The molecular formula is C11H16BrFN2. The van der Waals surface area contributed by atoms with Crippen molar-refractivity contribution in [2.24, 2.45) is 5.73 Å². The number of halogens is 2. The smallest absolute Gasteiger partial charge is 0.127 e. The van der Waals surface area contributed by atoms with E-state index in [1.54, 1.807) is 6.07 Å². The Morgan fingerprint density at radius 3 is 2.80 bits per heavy atom. The number of likely N-dealkylation sites (N-methyl/N-ethyl adjacent to an activating group) is 1. The fourth-order valence-electron chi connectivity index (χ4n) is 1.44. The van der Waals surface area contributed by atoms with E-state index in [2.05, 4.69) is 20.8 Å². The molecule has 0 aliphatic rings. The lowest BCUT2D eigenvalue weighted by Gasteiger charge is -2.19. The van der Waals surface area contributed by atoms with Crippen LogP contribution >= 0.6 is 15.9 Å². The second-order valence-electron chi connectivity index (χ2n) is 3.39. The maximum absolute atomic E-state index is 13.4. The molecule has 2 N–H and O–H groups in total. The first-order valence-electron chi connectivity index (χ1n) is 5.03. The van der Waals surface area contributed by atoms with Crippen LogP contribution in [0.1, 0.15) is 12.5 Å². The highest BCUT2D eigenvalue weighted by atomic mass is 79.9. The lowest BCUT2D eigenvalue weighted by Crippen LogP contribution is -2.29. The zero-order valence-corrected chi connectivity index (χ0v) is 10.4. The first kappa shape index (κ1) is 12.6. The van der Waals surface area contributed by atoms with Crippen LogP contribution in [0.4, 0.5) is 4.39 Å². The molecule has 0 unspecified atom stereocenters. The van der Waals surface area contributed by atoms with Crippen LogP contribution in [0.5, 0.6) is 0 Å². The summed E-state index contributed by atoms with van der Waals surface area (Å²) in [6, 6.07) is 5.00. The van der Waals surface area contributed by atoms with E-state index >= 15 is 0 Å². The largest absolute Gasteiger partial charge is 0.329 e. The van der Waals surface area contributed by atoms with Gasteiger partial charge in [-0.25, -0.2) is 4.39 Å². The molecule has 0 saturated carbocycles. The zero-order valence-electron chi connectivity index (χ0n) is 8.84. The second-order valence-corrected chi connectivity index (χ2v) is 4.31. The van der Waals surface area contributed by atoms with Gasteiger partial charge in [-0.3, -0.25) is 4.90 Å². The molecule has 1 aromatic carbocycles. The molecule has 0 radical (unpaired) electrons. The molecule has 0 heterocycles. The number of rotatable bonds is 5. The van der Waals surface area contributed by atoms with Gasteiger partial charge in [-0.2, -0.15) is 0 Å². The minimum absolute atomic E-state index is 0.159. The van der Waals surface area contributed by atoms with E-state index in [4.69, 9.17) is 5.73 Å². The molecule has 0 atom stereocenters. The molecule has 0 fully saturated rings. The summed E-state index contributed by atoms with van der Waals surface area (Å²) < 4.78 is 14.3. The average Bonchev–Trinajstić information content (AvgIpc) is 2.22. The summed E-state index contributed by atoms with van der Waals surface area (Å²) in [5.41, 5.74) is 6.19. The Morgan fingerprint density at radius 1 is 1.47 bits per heavy atom. The molecule has 0 aliphatic heterocycles. The van der Waals surface area contributed by atoms with Gasteiger partial charge in [0, 0.05) is 29.7 Å². The number of nitrogens with two attached hydrogens (primary N) is 1. The van der Waals surface area contributed by atoms with Crippen molar-refractivity contribution in [3.05, 3.63) is 34.1 Å². The van der Waals surface area contributed by atoms with Crippen LogP contribution in [0.3, 0.4) is 0 Å². The van der Waals surface area contributed by atoms with Gasteiger partial charge in [0.05, 0.1) is 0 Å². The Morgan fingerprint density at radius 2 is 2.20 bits per heavy atom. The standard InChI is InChI=1S/C11H16BrFN2/c1-2-15(6-5-14)8-9-7-10(12)3-4-11(9)13/h3-4,7H,2,5-6,8,14H2,1H3. The average molecular weight is 275 g/mol. The molecule has 0 spiro atoms. The Hall–Kier alpha value is -0.450. The number of hydrogen-bond acceptors (Lipinski definition) is 2. The Labute approximate surface area is 98.4 Å². The summed E-state index contributed by atoms with van der Waals surface area (Å²) in [5, 5.41) is 0. The van der Waals surface area contributed by atoms with Crippen LogP contribution in [0, 0.1) is 5.82 Å². The normalized spacial score (nSPS) is 11.0. The van der Waals surface area contributed by atoms with E-state index in [0.717, 1.165) is 17.6 Å². The Balaban J connectivity index is 2.73. The lowest BCUT2D eigenvalue weighted by molar-refractivity contribution is 0.284.